The molecule has 0 fully saturated rings. The van der Waals surface area contributed by atoms with Crippen LogP contribution in [-0.2, 0) is 9.59 Å². The van der Waals surface area contributed by atoms with Crippen LogP contribution in [0.3, 0.4) is 0 Å². The maximum Gasteiger partial charge on any atom is 0.272 e. The zero-order valence-electron chi connectivity index (χ0n) is 16.3. The molecule has 0 bridgehead atoms. The fourth-order valence-electron chi connectivity index (χ4n) is 3.04. The van der Waals surface area contributed by atoms with Gasteiger partial charge in [-0.15, -0.1) is 11.8 Å². The normalized spacial score (nSPS) is 14.4. The summed E-state index contributed by atoms with van der Waals surface area (Å²) in [6.45, 7) is 8.33. The van der Waals surface area contributed by atoms with Crippen molar-refractivity contribution >= 4 is 46.4 Å². The van der Waals surface area contributed by atoms with Crippen LogP contribution in [0.1, 0.15) is 31.9 Å². The lowest BCUT2D eigenvalue weighted by molar-refractivity contribution is -0.119. The Labute approximate surface area is 174 Å². The first-order valence-corrected chi connectivity index (χ1v) is 10.4. The molecule has 0 N–H and O–H groups in total. The third-order valence-corrected chi connectivity index (χ3v) is 5.58. The van der Waals surface area contributed by atoms with Crippen molar-refractivity contribution in [3.63, 3.8) is 0 Å². The Kier molecular flexibility index (Phi) is 6.16. The number of ether oxygens (including phenoxy) is 1. The van der Waals surface area contributed by atoms with E-state index < -0.39 is 0 Å². The summed E-state index contributed by atoms with van der Waals surface area (Å²) in [6, 6.07) is 12.5. The summed E-state index contributed by atoms with van der Waals surface area (Å²) in [5.41, 5.74) is 2.46. The summed E-state index contributed by atoms with van der Waals surface area (Å²) in [5.74, 6) is 0.0878. The SMILES string of the molecule is CCOc1ccc(C2=C(SC(C)C)C(=O)N(c3cc(Cl)ccc3C)C2=O)cc1. The number of benzene rings is 2. The molecule has 1 heterocycles. The van der Waals surface area contributed by atoms with Gasteiger partial charge in [0.25, 0.3) is 11.8 Å². The molecule has 1 aliphatic rings. The van der Waals surface area contributed by atoms with Gasteiger partial charge in [-0.1, -0.05) is 43.6 Å². The van der Waals surface area contributed by atoms with Crippen LogP contribution < -0.4 is 9.64 Å². The average Bonchev–Trinajstić information content (AvgIpc) is 2.88. The third kappa shape index (κ3) is 3.96. The second kappa shape index (κ2) is 8.41. The number of aryl methyl sites for hydroxylation is 1. The first-order chi connectivity index (χ1) is 13.3. The van der Waals surface area contributed by atoms with E-state index >= 15 is 0 Å². The quantitative estimate of drug-likeness (QED) is 0.586. The predicted molar refractivity (Wildman–Crippen MR) is 116 cm³/mol. The third-order valence-electron chi connectivity index (χ3n) is 4.26. The molecule has 0 aromatic heterocycles. The molecule has 2 aromatic rings. The highest BCUT2D eigenvalue weighted by atomic mass is 35.5. The van der Waals surface area contributed by atoms with Gasteiger partial charge in [0.1, 0.15) is 5.75 Å². The summed E-state index contributed by atoms with van der Waals surface area (Å²) < 4.78 is 5.48. The van der Waals surface area contributed by atoms with Crippen LogP contribution in [0.4, 0.5) is 5.69 Å². The molecule has 2 amide bonds. The van der Waals surface area contributed by atoms with Gasteiger partial charge in [-0.25, -0.2) is 4.90 Å². The second-order valence-electron chi connectivity index (χ2n) is 6.70. The van der Waals surface area contributed by atoms with Gasteiger partial charge in [0.15, 0.2) is 0 Å². The van der Waals surface area contributed by atoms with Crippen LogP contribution in [0.5, 0.6) is 5.75 Å². The van der Waals surface area contributed by atoms with Crippen molar-refractivity contribution in [2.75, 3.05) is 11.5 Å². The highest BCUT2D eigenvalue weighted by molar-refractivity contribution is 8.04. The number of halogens is 1. The fraction of sp³-hybridized carbons (Fsp3) is 0.273. The van der Waals surface area contributed by atoms with Crippen LogP contribution in [0.25, 0.3) is 5.57 Å². The molecule has 0 saturated heterocycles. The van der Waals surface area contributed by atoms with Gasteiger partial charge >= 0.3 is 0 Å². The van der Waals surface area contributed by atoms with E-state index in [9.17, 15) is 9.59 Å². The van der Waals surface area contributed by atoms with Crippen molar-refractivity contribution in [2.45, 2.75) is 32.9 Å². The molecule has 6 heteroatoms. The Morgan fingerprint density at radius 1 is 1.07 bits per heavy atom. The molecule has 28 heavy (non-hydrogen) atoms. The average molecular weight is 416 g/mol. The minimum Gasteiger partial charge on any atom is -0.494 e. The molecule has 0 spiro atoms. The number of imide groups is 1. The number of carbonyl (C=O) groups is 2. The monoisotopic (exact) mass is 415 g/mol. The number of carbonyl (C=O) groups excluding carboxylic acids is 2. The maximum atomic E-state index is 13.3. The summed E-state index contributed by atoms with van der Waals surface area (Å²) in [4.78, 5) is 28.3. The summed E-state index contributed by atoms with van der Waals surface area (Å²) >= 11 is 7.53. The van der Waals surface area contributed by atoms with Crippen LogP contribution >= 0.6 is 23.4 Å². The highest BCUT2D eigenvalue weighted by Gasteiger charge is 2.41. The second-order valence-corrected chi connectivity index (χ2v) is 8.73. The molecule has 4 nitrogen and oxygen atoms in total. The molecule has 2 aromatic carbocycles. The van der Waals surface area contributed by atoms with E-state index in [2.05, 4.69) is 0 Å². The summed E-state index contributed by atoms with van der Waals surface area (Å²) in [7, 11) is 0. The fourth-order valence-corrected chi connectivity index (χ4v) is 4.19. The number of thioether (sulfide) groups is 1. The van der Waals surface area contributed by atoms with Crippen molar-refractivity contribution in [1.82, 2.24) is 0 Å². The highest BCUT2D eigenvalue weighted by Crippen LogP contribution is 2.41. The maximum absolute atomic E-state index is 13.3. The first-order valence-electron chi connectivity index (χ1n) is 9.12. The van der Waals surface area contributed by atoms with Crippen molar-refractivity contribution in [3.8, 4) is 5.75 Å². The van der Waals surface area contributed by atoms with E-state index in [4.69, 9.17) is 16.3 Å². The molecular formula is C22H22ClNO3S. The van der Waals surface area contributed by atoms with Crippen LogP contribution in [0.15, 0.2) is 47.4 Å². The molecular weight excluding hydrogens is 394 g/mol. The number of hydrogen-bond acceptors (Lipinski definition) is 4. The van der Waals surface area contributed by atoms with Gasteiger partial charge in [-0.2, -0.15) is 0 Å². The van der Waals surface area contributed by atoms with Gasteiger partial charge in [0, 0.05) is 10.3 Å². The van der Waals surface area contributed by atoms with Crippen LogP contribution in [0.2, 0.25) is 5.02 Å². The van der Waals surface area contributed by atoms with Gasteiger partial charge in [0.05, 0.1) is 22.8 Å². The lowest BCUT2D eigenvalue weighted by Crippen LogP contribution is -2.32. The number of rotatable bonds is 6. The molecule has 0 atom stereocenters. The number of hydrogen-bond donors (Lipinski definition) is 0. The Morgan fingerprint density at radius 3 is 2.36 bits per heavy atom. The lowest BCUT2D eigenvalue weighted by atomic mass is 10.1. The topological polar surface area (TPSA) is 46.6 Å². The minimum absolute atomic E-state index is 0.157. The smallest absolute Gasteiger partial charge is 0.272 e. The Bertz CT molecular complexity index is 951. The van der Waals surface area contributed by atoms with E-state index in [0.717, 1.165) is 11.3 Å². The van der Waals surface area contributed by atoms with Gasteiger partial charge in [0.2, 0.25) is 0 Å². The van der Waals surface area contributed by atoms with Crippen molar-refractivity contribution < 1.29 is 14.3 Å². The molecule has 0 aliphatic carbocycles. The Hall–Kier alpha value is -2.24. The van der Waals surface area contributed by atoms with Crippen molar-refractivity contribution in [1.29, 1.82) is 0 Å². The van der Waals surface area contributed by atoms with Crippen molar-refractivity contribution in [3.05, 3.63) is 63.5 Å². The molecule has 1 aliphatic heterocycles. The minimum atomic E-state index is -0.331. The molecule has 146 valence electrons. The lowest BCUT2D eigenvalue weighted by Gasteiger charge is -2.18. The summed E-state index contributed by atoms with van der Waals surface area (Å²) in [6.07, 6.45) is 0. The van der Waals surface area contributed by atoms with Crippen LogP contribution in [0, 0.1) is 6.92 Å². The predicted octanol–water partition coefficient (Wildman–Crippen LogP) is 5.47. The Morgan fingerprint density at radius 2 is 1.75 bits per heavy atom. The number of anilines is 1. The zero-order valence-corrected chi connectivity index (χ0v) is 17.9. The van der Waals surface area contributed by atoms with Gasteiger partial charge < -0.3 is 4.74 Å². The Balaban J connectivity index is 2.09. The van der Waals surface area contributed by atoms with E-state index in [1.807, 2.05) is 58.0 Å². The van der Waals surface area contributed by atoms with E-state index in [1.165, 1.54) is 16.7 Å². The zero-order chi connectivity index (χ0) is 20.4. The molecule has 0 saturated carbocycles. The molecule has 0 unspecified atom stereocenters. The molecule has 0 radical (unpaired) electrons. The molecule has 3 rings (SSSR count). The van der Waals surface area contributed by atoms with Gasteiger partial charge in [-0.3, -0.25) is 9.59 Å². The van der Waals surface area contributed by atoms with Crippen molar-refractivity contribution in [2.24, 2.45) is 0 Å². The number of nitrogens with zero attached hydrogens (tertiary/aromatic N) is 1. The van der Waals surface area contributed by atoms with Crippen LogP contribution in [-0.4, -0.2) is 23.7 Å². The van der Waals surface area contributed by atoms with Gasteiger partial charge in [-0.05, 0) is 49.2 Å². The number of amides is 2. The van der Waals surface area contributed by atoms with E-state index in [1.54, 1.807) is 12.1 Å². The van der Waals surface area contributed by atoms with E-state index in [0.29, 0.717) is 33.4 Å². The summed E-state index contributed by atoms with van der Waals surface area (Å²) in [5, 5.41) is 0.638. The largest absolute Gasteiger partial charge is 0.494 e. The first kappa shape index (κ1) is 20.5. The standard InChI is InChI=1S/C22H22ClNO3S/c1-5-27-17-10-7-15(8-11-17)19-20(28-13(2)3)22(26)24(21(19)25)18-12-16(23)9-6-14(18)4/h6-13H,5H2,1-4H3. The van der Waals surface area contributed by atoms with E-state index in [-0.39, 0.29) is 17.1 Å².